The fourth-order valence-corrected chi connectivity index (χ4v) is 4.71. The first-order chi connectivity index (χ1) is 15.0. The highest BCUT2D eigenvalue weighted by atomic mass is 19.1. The SMILES string of the molecule is CCN1CCC(Cc2ccc3nc(-c4c(N)c5c(F)cccc5[nH]c4=O)[nH]c3c2)CC1. The highest BCUT2D eigenvalue weighted by Gasteiger charge is 2.20. The number of hydrogen-bond donors (Lipinski definition) is 3. The van der Waals surface area contributed by atoms with Gasteiger partial charge in [-0.05, 0) is 74.6 Å². The fraction of sp³-hybridized carbons (Fsp3) is 0.333. The molecular weight excluding hydrogens is 393 g/mol. The number of fused-ring (bicyclic) bond motifs is 2. The number of anilines is 1. The van der Waals surface area contributed by atoms with Gasteiger partial charge >= 0.3 is 0 Å². The van der Waals surface area contributed by atoms with Gasteiger partial charge in [-0.1, -0.05) is 19.1 Å². The Hall–Kier alpha value is -3.19. The summed E-state index contributed by atoms with van der Waals surface area (Å²) in [6.45, 7) is 5.67. The number of aromatic nitrogens is 3. The van der Waals surface area contributed by atoms with Gasteiger partial charge in [0, 0.05) is 0 Å². The maximum atomic E-state index is 14.4. The number of nitrogen functional groups attached to an aromatic ring is 1. The van der Waals surface area contributed by atoms with Gasteiger partial charge in [-0.15, -0.1) is 0 Å². The van der Waals surface area contributed by atoms with E-state index in [0.29, 0.717) is 17.3 Å². The minimum absolute atomic E-state index is 0.0961. The topological polar surface area (TPSA) is 90.8 Å². The van der Waals surface area contributed by atoms with Gasteiger partial charge in [0.25, 0.3) is 5.56 Å². The van der Waals surface area contributed by atoms with E-state index in [0.717, 1.165) is 37.1 Å². The average Bonchev–Trinajstić information content (AvgIpc) is 3.17. The van der Waals surface area contributed by atoms with Crippen LogP contribution in [0.4, 0.5) is 10.1 Å². The first kappa shape index (κ1) is 19.8. The van der Waals surface area contributed by atoms with Crippen LogP contribution in [0.15, 0.2) is 41.2 Å². The summed E-state index contributed by atoms with van der Waals surface area (Å²) in [6, 6.07) is 10.7. The van der Waals surface area contributed by atoms with E-state index in [1.54, 1.807) is 12.1 Å². The number of benzene rings is 2. The van der Waals surface area contributed by atoms with Crippen molar-refractivity contribution < 1.29 is 4.39 Å². The van der Waals surface area contributed by atoms with Gasteiger partial charge < -0.3 is 20.6 Å². The molecule has 0 aliphatic carbocycles. The van der Waals surface area contributed by atoms with Gasteiger partial charge in [-0.2, -0.15) is 0 Å². The molecule has 0 unspecified atom stereocenters. The number of rotatable bonds is 4. The summed E-state index contributed by atoms with van der Waals surface area (Å²) in [6.07, 6.45) is 3.47. The number of pyridine rings is 1. The predicted molar refractivity (Wildman–Crippen MR) is 123 cm³/mol. The molecule has 4 aromatic rings. The molecule has 3 heterocycles. The van der Waals surface area contributed by atoms with Crippen LogP contribution in [0.5, 0.6) is 0 Å². The molecule has 2 aromatic heterocycles. The van der Waals surface area contributed by atoms with E-state index in [2.05, 4.69) is 38.9 Å². The zero-order chi connectivity index (χ0) is 21.5. The Bertz CT molecular complexity index is 1320. The molecule has 0 radical (unpaired) electrons. The maximum absolute atomic E-state index is 14.4. The quantitative estimate of drug-likeness (QED) is 0.465. The third kappa shape index (κ3) is 3.59. The summed E-state index contributed by atoms with van der Waals surface area (Å²) < 4.78 is 14.4. The normalized spacial score (nSPS) is 15.8. The van der Waals surface area contributed by atoms with E-state index >= 15 is 0 Å². The van der Waals surface area contributed by atoms with Crippen LogP contribution in [0.1, 0.15) is 25.3 Å². The third-order valence-electron chi connectivity index (χ3n) is 6.49. The lowest BCUT2D eigenvalue weighted by Gasteiger charge is -2.31. The highest BCUT2D eigenvalue weighted by molar-refractivity contribution is 5.98. The Kier molecular flexibility index (Phi) is 4.98. The molecule has 4 N–H and O–H groups in total. The standard InChI is InChI=1S/C24H26FN5O/c1-2-30-10-8-14(9-11-30)12-15-6-7-17-19(13-15)28-23(27-17)21-22(26)20-16(25)4-3-5-18(20)29-24(21)31/h3-7,13-14H,2,8-12H2,1H3,(H,27,28)(H3,26,29,31). The van der Waals surface area contributed by atoms with Crippen molar-refractivity contribution in [2.75, 3.05) is 25.4 Å². The molecular formula is C24H26FN5O. The van der Waals surface area contributed by atoms with Crippen molar-refractivity contribution in [1.29, 1.82) is 0 Å². The summed E-state index contributed by atoms with van der Waals surface area (Å²) in [5, 5.41) is 0.205. The highest BCUT2D eigenvalue weighted by Crippen LogP contribution is 2.30. The van der Waals surface area contributed by atoms with E-state index in [1.165, 1.54) is 24.5 Å². The molecule has 2 aromatic carbocycles. The summed E-state index contributed by atoms with van der Waals surface area (Å²) in [5.41, 5.74) is 9.34. The lowest BCUT2D eigenvalue weighted by atomic mass is 9.90. The predicted octanol–water partition coefficient (Wildman–Crippen LogP) is 4.07. The van der Waals surface area contributed by atoms with Crippen LogP contribution in [0.3, 0.4) is 0 Å². The van der Waals surface area contributed by atoms with Crippen molar-refractivity contribution in [1.82, 2.24) is 19.9 Å². The summed E-state index contributed by atoms with van der Waals surface area (Å²) in [4.78, 5) is 25.7. The maximum Gasteiger partial charge on any atom is 0.261 e. The van der Waals surface area contributed by atoms with Crippen LogP contribution in [0, 0.1) is 11.7 Å². The molecule has 0 bridgehead atoms. The molecule has 1 fully saturated rings. The molecule has 1 saturated heterocycles. The second-order valence-electron chi connectivity index (χ2n) is 8.42. The molecule has 160 valence electrons. The van der Waals surface area contributed by atoms with Crippen molar-refractivity contribution in [2.24, 2.45) is 5.92 Å². The summed E-state index contributed by atoms with van der Waals surface area (Å²) >= 11 is 0. The van der Waals surface area contributed by atoms with E-state index in [4.69, 9.17) is 5.73 Å². The molecule has 0 spiro atoms. The zero-order valence-electron chi connectivity index (χ0n) is 17.5. The smallest absolute Gasteiger partial charge is 0.261 e. The minimum Gasteiger partial charge on any atom is -0.397 e. The van der Waals surface area contributed by atoms with Gasteiger partial charge in [0.05, 0.1) is 27.6 Å². The van der Waals surface area contributed by atoms with Gasteiger partial charge in [-0.25, -0.2) is 9.37 Å². The molecule has 0 atom stereocenters. The first-order valence-corrected chi connectivity index (χ1v) is 10.8. The van der Waals surface area contributed by atoms with Crippen LogP contribution >= 0.6 is 0 Å². The number of nitrogens with zero attached hydrogens (tertiary/aromatic N) is 2. The van der Waals surface area contributed by atoms with Crippen molar-refractivity contribution in [3.8, 4) is 11.4 Å². The van der Waals surface area contributed by atoms with E-state index in [1.807, 2.05) is 6.07 Å². The Morgan fingerprint density at radius 1 is 1.16 bits per heavy atom. The summed E-state index contributed by atoms with van der Waals surface area (Å²) in [7, 11) is 0. The number of nitrogens with two attached hydrogens (primary N) is 1. The monoisotopic (exact) mass is 419 g/mol. The van der Waals surface area contributed by atoms with Crippen LogP contribution in [-0.4, -0.2) is 39.5 Å². The second kappa shape index (κ2) is 7.81. The average molecular weight is 420 g/mol. The Labute approximate surface area is 179 Å². The van der Waals surface area contributed by atoms with E-state index in [-0.39, 0.29) is 16.6 Å². The molecule has 1 aliphatic heterocycles. The number of likely N-dealkylation sites (tertiary alicyclic amines) is 1. The van der Waals surface area contributed by atoms with Crippen molar-refractivity contribution in [3.05, 3.63) is 58.1 Å². The second-order valence-corrected chi connectivity index (χ2v) is 8.42. The number of imidazole rings is 1. The van der Waals surface area contributed by atoms with Crippen LogP contribution < -0.4 is 11.3 Å². The number of aromatic amines is 2. The molecule has 5 rings (SSSR count). The van der Waals surface area contributed by atoms with Gasteiger partial charge in [0.15, 0.2) is 0 Å². The van der Waals surface area contributed by atoms with Gasteiger partial charge in [0.1, 0.15) is 17.2 Å². The van der Waals surface area contributed by atoms with Crippen LogP contribution in [0.25, 0.3) is 33.3 Å². The lowest BCUT2D eigenvalue weighted by molar-refractivity contribution is 0.192. The third-order valence-corrected chi connectivity index (χ3v) is 6.49. The Balaban J connectivity index is 1.48. The Morgan fingerprint density at radius 3 is 2.74 bits per heavy atom. The number of piperidine rings is 1. The summed E-state index contributed by atoms with van der Waals surface area (Å²) in [5.74, 6) is 0.567. The number of halogens is 1. The van der Waals surface area contributed by atoms with Gasteiger partial charge in [0.2, 0.25) is 0 Å². The first-order valence-electron chi connectivity index (χ1n) is 10.8. The van der Waals surface area contributed by atoms with E-state index < -0.39 is 11.4 Å². The van der Waals surface area contributed by atoms with Crippen molar-refractivity contribution in [3.63, 3.8) is 0 Å². The van der Waals surface area contributed by atoms with E-state index in [9.17, 15) is 9.18 Å². The molecule has 0 amide bonds. The van der Waals surface area contributed by atoms with Crippen LogP contribution in [0.2, 0.25) is 0 Å². The largest absolute Gasteiger partial charge is 0.397 e. The van der Waals surface area contributed by atoms with Crippen LogP contribution in [-0.2, 0) is 6.42 Å². The molecule has 0 saturated carbocycles. The van der Waals surface area contributed by atoms with Gasteiger partial charge in [-0.3, -0.25) is 4.79 Å². The lowest BCUT2D eigenvalue weighted by Crippen LogP contribution is -2.34. The molecule has 31 heavy (non-hydrogen) atoms. The fourth-order valence-electron chi connectivity index (χ4n) is 4.71. The molecule has 1 aliphatic rings. The number of H-pyrrole nitrogens is 2. The Morgan fingerprint density at radius 2 is 1.97 bits per heavy atom. The number of nitrogens with one attached hydrogen (secondary N) is 2. The minimum atomic E-state index is -0.472. The van der Waals surface area contributed by atoms with Crippen molar-refractivity contribution >= 4 is 27.6 Å². The number of hydrogen-bond acceptors (Lipinski definition) is 4. The van der Waals surface area contributed by atoms with Crippen molar-refractivity contribution in [2.45, 2.75) is 26.2 Å². The molecule has 7 heteroatoms. The molecule has 6 nitrogen and oxygen atoms in total. The zero-order valence-corrected chi connectivity index (χ0v) is 17.5.